The lowest BCUT2D eigenvalue weighted by atomic mass is 9.98. The highest BCUT2D eigenvalue weighted by molar-refractivity contribution is 5.28. The van der Waals surface area contributed by atoms with Gasteiger partial charge in [-0.1, -0.05) is 24.3 Å². The van der Waals surface area contributed by atoms with Crippen molar-refractivity contribution < 1.29 is 10.2 Å². The van der Waals surface area contributed by atoms with Gasteiger partial charge in [0.1, 0.15) is 6.10 Å². The third-order valence-electron chi connectivity index (χ3n) is 2.56. The van der Waals surface area contributed by atoms with Crippen molar-refractivity contribution >= 4 is 0 Å². The molecule has 0 saturated heterocycles. The molecule has 84 valence electrons. The fourth-order valence-corrected chi connectivity index (χ4v) is 1.58. The topological polar surface area (TPSA) is 52.5 Å². The van der Waals surface area contributed by atoms with E-state index in [9.17, 15) is 10.2 Å². The predicted molar refractivity (Wildman–Crippen MR) is 60.7 cm³/mol. The van der Waals surface area contributed by atoms with Crippen molar-refractivity contribution in [2.45, 2.75) is 25.6 Å². The largest absolute Gasteiger partial charge is 0.390 e. The number of nitrogens with one attached hydrogen (secondary N) is 1. The minimum atomic E-state index is -0.792. The van der Waals surface area contributed by atoms with Gasteiger partial charge in [-0.15, -0.1) is 0 Å². The molecule has 2 unspecified atom stereocenters. The van der Waals surface area contributed by atoms with Crippen LogP contribution in [-0.2, 0) is 0 Å². The third-order valence-corrected chi connectivity index (χ3v) is 2.56. The first-order valence-electron chi connectivity index (χ1n) is 5.23. The molecule has 0 spiro atoms. The molecule has 3 nitrogen and oxygen atoms in total. The molecule has 0 bridgehead atoms. The molecule has 3 heteroatoms. The summed E-state index contributed by atoms with van der Waals surface area (Å²) in [5.41, 5.74) is 1.81. The summed E-state index contributed by atoms with van der Waals surface area (Å²) in [6.07, 6.45) is -0.954. The van der Waals surface area contributed by atoms with Gasteiger partial charge in [-0.2, -0.15) is 0 Å². The average molecular weight is 209 g/mol. The van der Waals surface area contributed by atoms with Gasteiger partial charge in [-0.05, 0) is 38.1 Å². The van der Waals surface area contributed by atoms with Gasteiger partial charge < -0.3 is 15.5 Å². The lowest BCUT2D eigenvalue weighted by Crippen LogP contribution is -2.23. The predicted octanol–water partition coefficient (Wildman–Crippen LogP) is 0.999. The van der Waals surface area contributed by atoms with Gasteiger partial charge in [0.2, 0.25) is 0 Å². The average Bonchev–Trinajstić information content (AvgIpc) is 2.25. The van der Waals surface area contributed by atoms with E-state index in [0.29, 0.717) is 13.0 Å². The highest BCUT2D eigenvalue weighted by atomic mass is 16.3. The molecule has 0 aliphatic carbocycles. The van der Waals surface area contributed by atoms with Crippen LogP contribution in [0.3, 0.4) is 0 Å². The van der Waals surface area contributed by atoms with Crippen molar-refractivity contribution in [1.82, 2.24) is 5.32 Å². The Kier molecular flexibility index (Phi) is 4.75. The van der Waals surface area contributed by atoms with Crippen LogP contribution in [0.25, 0.3) is 0 Å². The molecule has 1 rings (SSSR count). The van der Waals surface area contributed by atoms with Crippen LogP contribution in [0.15, 0.2) is 24.3 Å². The van der Waals surface area contributed by atoms with Crippen molar-refractivity contribution in [3.63, 3.8) is 0 Å². The number of hydrogen-bond donors (Lipinski definition) is 3. The SMILES string of the molecule is CNCCC(O)C(O)c1ccccc1C. The fourth-order valence-electron chi connectivity index (χ4n) is 1.58. The molecule has 0 aliphatic rings. The molecular weight excluding hydrogens is 190 g/mol. The Labute approximate surface area is 90.8 Å². The van der Waals surface area contributed by atoms with E-state index in [1.165, 1.54) is 0 Å². The van der Waals surface area contributed by atoms with E-state index in [4.69, 9.17) is 0 Å². The first-order chi connectivity index (χ1) is 7.16. The van der Waals surface area contributed by atoms with Gasteiger partial charge in [0.05, 0.1) is 6.10 Å². The monoisotopic (exact) mass is 209 g/mol. The molecule has 0 aliphatic heterocycles. The van der Waals surface area contributed by atoms with Crippen LogP contribution in [-0.4, -0.2) is 29.9 Å². The smallest absolute Gasteiger partial charge is 0.105 e. The van der Waals surface area contributed by atoms with Crippen molar-refractivity contribution in [3.05, 3.63) is 35.4 Å². The van der Waals surface area contributed by atoms with Crippen molar-refractivity contribution in [3.8, 4) is 0 Å². The summed E-state index contributed by atoms with van der Waals surface area (Å²) >= 11 is 0. The molecule has 3 N–H and O–H groups in total. The molecule has 2 atom stereocenters. The molecule has 0 amide bonds. The minimum absolute atomic E-state index is 0.548. The molecule has 15 heavy (non-hydrogen) atoms. The summed E-state index contributed by atoms with van der Waals surface area (Å²) in [6, 6.07) is 7.58. The molecule has 0 fully saturated rings. The van der Waals surface area contributed by atoms with Crippen molar-refractivity contribution in [1.29, 1.82) is 0 Å². The van der Waals surface area contributed by atoms with Crippen LogP contribution in [0, 0.1) is 6.92 Å². The Morgan fingerprint density at radius 3 is 2.53 bits per heavy atom. The number of benzene rings is 1. The second-order valence-electron chi connectivity index (χ2n) is 3.76. The van der Waals surface area contributed by atoms with Gasteiger partial charge >= 0.3 is 0 Å². The molecule has 0 aromatic heterocycles. The molecule has 0 heterocycles. The van der Waals surface area contributed by atoms with Gasteiger partial charge in [0.25, 0.3) is 0 Å². The van der Waals surface area contributed by atoms with E-state index in [1.807, 2.05) is 38.2 Å². The Morgan fingerprint density at radius 2 is 1.93 bits per heavy atom. The summed E-state index contributed by atoms with van der Waals surface area (Å²) in [5, 5.41) is 22.6. The van der Waals surface area contributed by atoms with Crippen molar-refractivity contribution in [2.24, 2.45) is 0 Å². The van der Waals surface area contributed by atoms with Crippen LogP contribution < -0.4 is 5.32 Å². The zero-order valence-electron chi connectivity index (χ0n) is 9.27. The molecule has 1 aromatic carbocycles. The van der Waals surface area contributed by atoms with Crippen LogP contribution >= 0.6 is 0 Å². The number of rotatable bonds is 5. The maximum absolute atomic E-state index is 9.92. The van der Waals surface area contributed by atoms with Crippen molar-refractivity contribution in [2.75, 3.05) is 13.6 Å². The minimum Gasteiger partial charge on any atom is -0.390 e. The highest BCUT2D eigenvalue weighted by Gasteiger charge is 2.18. The van der Waals surface area contributed by atoms with Gasteiger partial charge in [-0.3, -0.25) is 0 Å². The Balaban J connectivity index is 2.67. The third kappa shape index (κ3) is 3.30. The van der Waals surface area contributed by atoms with E-state index < -0.39 is 12.2 Å². The first-order valence-corrected chi connectivity index (χ1v) is 5.23. The van der Waals surface area contributed by atoms with Crippen LogP contribution in [0.5, 0.6) is 0 Å². The van der Waals surface area contributed by atoms with E-state index in [2.05, 4.69) is 5.32 Å². The Morgan fingerprint density at radius 1 is 1.27 bits per heavy atom. The number of hydrogen-bond acceptors (Lipinski definition) is 3. The van der Waals surface area contributed by atoms with E-state index in [1.54, 1.807) is 0 Å². The molecule has 1 aromatic rings. The maximum atomic E-state index is 9.92. The van der Waals surface area contributed by atoms with Crippen LogP contribution in [0.1, 0.15) is 23.7 Å². The summed E-state index contributed by atoms with van der Waals surface area (Å²) in [6.45, 7) is 2.63. The summed E-state index contributed by atoms with van der Waals surface area (Å²) in [7, 11) is 1.83. The zero-order valence-corrected chi connectivity index (χ0v) is 9.27. The summed E-state index contributed by atoms with van der Waals surface area (Å²) < 4.78 is 0. The molecule has 0 radical (unpaired) electrons. The summed E-state index contributed by atoms with van der Waals surface area (Å²) in [5.74, 6) is 0. The Bertz CT molecular complexity index is 301. The van der Waals surface area contributed by atoms with Gasteiger partial charge in [0, 0.05) is 0 Å². The number of aryl methyl sites for hydroxylation is 1. The number of aliphatic hydroxyl groups is 2. The lowest BCUT2D eigenvalue weighted by molar-refractivity contribution is 0.0137. The van der Waals surface area contributed by atoms with E-state index in [-0.39, 0.29) is 0 Å². The second kappa shape index (κ2) is 5.85. The highest BCUT2D eigenvalue weighted by Crippen LogP contribution is 2.21. The second-order valence-corrected chi connectivity index (χ2v) is 3.76. The fraction of sp³-hybridized carbons (Fsp3) is 0.500. The lowest BCUT2D eigenvalue weighted by Gasteiger charge is -2.19. The van der Waals surface area contributed by atoms with E-state index >= 15 is 0 Å². The van der Waals surface area contributed by atoms with Gasteiger partial charge in [-0.25, -0.2) is 0 Å². The Hall–Kier alpha value is -0.900. The standard InChI is InChI=1S/C12H19NO2/c1-9-5-3-4-6-10(9)12(15)11(14)7-8-13-2/h3-6,11-15H,7-8H2,1-2H3. The van der Waals surface area contributed by atoms with Crippen LogP contribution in [0.4, 0.5) is 0 Å². The summed E-state index contributed by atoms with van der Waals surface area (Å²) in [4.78, 5) is 0. The molecular formula is C12H19NO2. The van der Waals surface area contributed by atoms with Gasteiger partial charge in [0.15, 0.2) is 0 Å². The normalized spacial score (nSPS) is 14.9. The molecule has 0 saturated carbocycles. The maximum Gasteiger partial charge on any atom is 0.105 e. The number of aliphatic hydroxyl groups excluding tert-OH is 2. The quantitative estimate of drug-likeness (QED) is 0.678. The first kappa shape index (κ1) is 12.2. The van der Waals surface area contributed by atoms with Crippen LogP contribution in [0.2, 0.25) is 0 Å². The van der Waals surface area contributed by atoms with E-state index in [0.717, 1.165) is 11.1 Å². The zero-order chi connectivity index (χ0) is 11.3.